The Hall–Kier alpha value is -1.56. The van der Waals surface area contributed by atoms with Crippen molar-refractivity contribution in [2.24, 2.45) is 0 Å². The van der Waals surface area contributed by atoms with Gasteiger partial charge in [-0.05, 0) is 6.07 Å². The number of hydrogen-bond acceptors (Lipinski definition) is 5. The first-order chi connectivity index (χ1) is 7.72. The highest BCUT2D eigenvalue weighted by Crippen LogP contribution is 2.29. The van der Waals surface area contributed by atoms with Gasteiger partial charge in [0.05, 0.1) is 16.5 Å². The van der Waals surface area contributed by atoms with Gasteiger partial charge in [-0.25, -0.2) is 0 Å². The van der Waals surface area contributed by atoms with Crippen molar-refractivity contribution in [3.8, 4) is 0 Å². The molecule has 1 aromatic rings. The van der Waals surface area contributed by atoms with Gasteiger partial charge in [-0.2, -0.15) is 0 Å². The van der Waals surface area contributed by atoms with Gasteiger partial charge in [0, 0.05) is 30.0 Å². The molecular formula is C10H10N2O3S. The van der Waals surface area contributed by atoms with E-state index in [0.29, 0.717) is 11.3 Å². The molecule has 0 N–H and O–H groups in total. The minimum absolute atomic E-state index is 0.0255. The lowest BCUT2D eigenvalue weighted by molar-refractivity contribution is -0.384. The number of hydrogen-bond donors (Lipinski definition) is 0. The first-order valence-corrected chi connectivity index (χ1v) is 5.94. The molecule has 0 saturated carbocycles. The van der Waals surface area contributed by atoms with E-state index in [1.54, 1.807) is 11.8 Å². The number of nitro groups is 1. The number of thioether (sulfide) groups is 1. The first-order valence-electron chi connectivity index (χ1n) is 4.78. The molecule has 16 heavy (non-hydrogen) atoms. The molecule has 0 aliphatic carbocycles. The largest absolute Gasteiger partial charge is 0.361 e. The van der Waals surface area contributed by atoms with Crippen LogP contribution in [0.5, 0.6) is 0 Å². The van der Waals surface area contributed by atoms with Gasteiger partial charge < -0.3 is 4.90 Å². The lowest BCUT2D eigenvalue weighted by Crippen LogP contribution is -2.19. The van der Waals surface area contributed by atoms with Crippen molar-refractivity contribution in [3.05, 3.63) is 33.9 Å². The SMILES string of the molecule is O=Cc1ccc([N+](=O)[O-])cc1N1CCSC1. The number of anilines is 1. The quantitative estimate of drug-likeness (QED) is 0.457. The van der Waals surface area contributed by atoms with Crippen molar-refractivity contribution in [1.29, 1.82) is 0 Å². The van der Waals surface area contributed by atoms with E-state index in [0.717, 1.165) is 24.5 Å². The van der Waals surface area contributed by atoms with Crippen LogP contribution in [-0.4, -0.2) is 29.4 Å². The van der Waals surface area contributed by atoms with Gasteiger partial charge in [-0.1, -0.05) is 0 Å². The van der Waals surface area contributed by atoms with Crippen LogP contribution in [0.25, 0.3) is 0 Å². The standard InChI is InChI=1S/C10H10N2O3S/c13-6-8-1-2-9(12(14)15)5-10(8)11-3-4-16-7-11/h1-2,5-6H,3-4,7H2. The lowest BCUT2D eigenvalue weighted by atomic mass is 10.1. The van der Waals surface area contributed by atoms with Gasteiger partial charge in [-0.15, -0.1) is 11.8 Å². The molecule has 1 saturated heterocycles. The summed E-state index contributed by atoms with van der Waals surface area (Å²) in [6, 6.07) is 4.33. The van der Waals surface area contributed by atoms with Crippen molar-refractivity contribution >= 4 is 29.4 Å². The Kier molecular flexibility index (Phi) is 3.09. The Balaban J connectivity index is 2.42. The minimum atomic E-state index is -0.443. The Morgan fingerprint density at radius 1 is 1.50 bits per heavy atom. The second-order valence-electron chi connectivity index (χ2n) is 3.42. The number of rotatable bonds is 3. The fourth-order valence-electron chi connectivity index (χ4n) is 1.62. The van der Waals surface area contributed by atoms with Crippen LogP contribution in [0.4, 0.5) is 11.4 Å². The first kappa shape index (κ1) is 10.9. The predicted octanol–water partition coefficient (Wildman–Crippen LogP) is 1.92. The molecule has 0 spiro atoms. The number of aldehydes is 1. The number of carbonyl (C=O) groups excluding carboxylic acids is 1. The van der Waals surface area contributed by atoms with Crippen LogP contribution in [0.3, 0.4) is 0 Å². The Morgan fingerprint density at radius 2 is 2.31 bits per heavy atom. The summed E-state index contributed by atoms with van der Waals surface area (Å²) in [7, 11) is 0. The molecule has 6 heteroatoms. The predicted molar refractivity (Wildman–Crippen MR) is 63.2 cm³/mol. The average Bonchev–Trinajstić information content (AvgIpc) is 2.81. The second-order valence-corrected chi connectivity index (χ2v) is 4.49. The maximum absolute atomic E-state index is 10.9. The van der Waals surface area contributed by atoms with E-state index >= 15 is 0 Å². The number of non-ortho nitro benzene ring substituents is 1. The van der Waals surface area contributed by atoms with Crippen LogP contribution < -0.4 is 4.90 Å². The van der Waals surface area contributed by atoms with Gasteiger partial charge in [0.25, 0.3) is 5.69 Å². The molecule has 2 rings (SSSR count). The zero-order valence-corrected chi connectivity index (χ0v) is 9.27. The van der Waals surface area contributed by atoms with E-state index in [1.165, 1.54) is 18.2 Å². The van der Waals surface area contributed by atoms with E-state index in [1.807, 2.05) is 4.90 Å². The van der Waals surface area contributed by atoms with Crippen LogP contribution >= 0.6 is 11.8 Å². The van der Waals surface area contributed by atoms with E-state index in [2.05, 4.69) is 0 Å². The summed E-state index contributed by atoms with van der Waals surface area (Å²) in [5.41, 5.74) is 1.19. The molecule has 5 nitrogen and oxygen atoms in total. The summed E-state index contributed by atoms with van der Waals surface area (Å²) >= 11 is 1.75. The Labute approximate surface area is 96.6 Å². The van der Waals surface area contributed by atoms with E-state index in [4.69, 9.17) is 0 Å². The van der Waals surface area contributed by atoms with Gasteiger partial charge in [0.2, 0.25) is 0 Å². The summed E-state index contributed by atoms with van der Waals surface area (Å²) in [5, 5.41) is 10.7. The zero-order valence-electron chi connectivity index (χ0n) is 8.46. The normalized spacial score (nSPS) is 15.1. The monoisotopic (exact) mass is 238 g/mol. The summed E-state index contributed by atoms with van der Waals surface area (Å²) in [6.07, 6.45) is 0.738. The van der Waals surface area contributed by atoms with E-state index < -0.39 is 4.92 Å². The van der Waals surface area contributed by atoms with Gasteiger partial charge >= 0.3 is 0 Å². The fraction of sp³-hybridized carbons (Fsp3) is 0.300. The average molecular weight is 238 g/mol. The maximum Gasteiger partial charge on any atom is 0.271 e. The molecule has 0 atom stereocenters. The highest BCUT2D eigenvalue weighted by molar-refractivity contribution is 7.99. The van der Waals surface area contributed by atoms with Crippen LogP contribution in [0.2, 0.25) is 0 Å². The number of carbonyl (C=O) groups is 1. The third kappa shape index (κ3) is 2.01. The van der Waals surface area contributed by atoms with Gasteiger partial charge in [0.1, 0.15) is 0 Å². The molecule has 0 amide bonds. The van der Waals surface area contributed by atoms with E-state index in [-0.39, 0.29) is 5.69 Å². The zero-order chi connectivity index (χ0) is 11.5. The molecule has 1 fully saturated rings. The topological polar surface area (TPSA) is 63.4 Å². The van der Waals surface area contributed by atoms with Crippen LogP contribution in [0, 0.1) is 10.1 Å². The molecule has 1 aliphatic heterocycles. The van der Waals surface area contributed by atoms with Crippen molar-refractivity contribution in [2.45, 2.75) is 0 Å². The highest BCUT2D eigenvalue weighted by atomic mass is 32.2. The third-order valence-electron chi connectivity index (χ3n) is 2.45. The van der Waals surface area contributed by atoms with Gasteiger partial charge in [-0.3, -0.25) is 14.9 Å². The molecule has 0 radical (unpaired) electrons. The van der Waals surface area contributed by atoms with Crippen molar-refractivity contribution < 1.29 is 9.72 Å². The number of nitro benzene ring substituents is 1. The molecule has 84 valence electrons. The molecule has 0 bridgehead atoms. The van der Waals surface area contributed by atoms with Crippen molar-refractivity contribution in [1.82, 2.24) is 0 Å². The fourth-order valence-corrected chi connectivity index (χ4v) is 2.59. The Bertz CT molecular complexity index is 430. The second kappa shape index (κ2) is 4.52. The highest BCUT2D eigenvalue weighted by Gasteiger charge is 2.18. The molecule has 1 heterocycles. The molecule has 0 aromatic heterocycles. The van der Waals surface area contributed by atoms with Crippen molar-refractivity contribution in [3.63, 3.8) is 0 Å². The summed E-state index contributed by atoms with van der Waals surface area (Å²) in [4.78, 5) is 23.1. The summed E-state index contributed by atoms with van der Waals surface area (Å²) in [5.74, 6) is 1.77. The molecule has 0 unspecified atom stereocenters. The van der Waals surface area contributed by atoms with Crippen molar-refractivity contribution in [2.75, 3.05) is 23.1 Å². The van der Waals surface area contributed by atoms with Crippen LogP contribution in [-0.2, 0) is 0 Å². The third-order valence-corrected chi connectivity index (χ3v) is 3.41. The summed E-state index contributed by atoms with van der Waals surface area (Å²) < 4.78 is 0. The van der Waals surface area contributed by atoms with Crippen LogP contribution in [0.15, 0.2) is 18.2 Å². The van der Waals surface area contributed by atoms with E-state index in [9.17, 15) is 14.9 Å². The maximum atomic E-state index is 10.9. The minimum Gasteiger partial charge on any atom is -0.361 e. The number of nitrogens with zero attached hydrogens (tertiary/aromatic N) is 2. The van der Waals surface area contributed by atoms with Crippen LogP contribution in [0.1, 0.15) is 10.4 Å². The Morgan fingerprint density at radius 3 is 2.88 bits per heavy atom. The smallest absolute Gasteiger partial charge is 0.271 e. The summed E-state index contributed by atoms with van der Waals surface area (Å²) in [6.45, 7) is 0.826. The lowest BCUT2D eigenvalue weighted by Gasteiger charge is -2.18. The molecule has 1 aromatic carbocycles. The van der Waals surface area contributed by atoms with Gasteiger partial charge in [0.15, 0.2) is 6.29 Å². The molecular weight excluding hydrogens is 228 g/mol. The molecule has 1 aliphatic rings. The number of benzene rings is 1.